The highest BCUT2D eigenvalue weighted by Gasteiger charge is 2.21. The molecule has 4 heteroatoms. The average molecular weight is 348 g/mol. The summed E-state index contributed by atoms with van der Waals surface area (Å²) < 4.78 is 5.68. The van der Waals surface area contributed by atoms with Crippen LogP contribution in [0.2, 0.25) is 0 Å². The van der Waals surface area contributed by atoms with Gasteiger partial charge in [-0.3, -0.25) is 4.90 Å². The molecule has 1 aliphatic rings. The number of nitrogens with zero attached hydrogens (tertiary/aromatic N) is 2. The Labute approximate surface area is 159 Å². The quantitative estimate of drug-likeness (QED) is 0.766. The molecule has 1 aliphatic carbocycles. The van der Waals surface area contributed by atoms with Gasteiger partial charge in [-0.2, -0.15) is 0 Å². The Morgan fingerprint density at radius 1 is 1.19 bits per heavy atom. The highest BCUT2D eigenvalue weighted by Crippen LogP contribution is 2.30. The summed E-state index contributed by atoms with van der Waals surface area (Å²) in [5.41, 5.74) is 6.25. The number of hydrogen-bond donors (Lipinski definition) is 0. The second kappa shape index (κ2) is 8.26. The van der Waals surface area contributed by atoms with Crippen molar-refractivity contribution in [3.05, 3.63) is 41.0 Å². The number of rotatable bonds is 5. The number of aryl methyl sites for hydroxylation is 1. The molecule has 0 N–H and O–H groups in total. The Hall–Kier alpha value is -1.81. The van der Waals surface area contributed by atoms with E-state index in [2.05, 4.69) is 31.0 Å². The molecule has 1 aromatic carbocycles. The van der Waals surface area contributed by atoms with Gasteiger partial charge in [0.05, 0.1) is 12.8 Å². The van der Waals surface area contributed by atoms with Gasteiger partial charge in [-0.15, -0.1) is 0 Å². The van der Waals surface area contributed by atoms with Crippen LogP contribution < -0.4 is 10.2 Å². The Morgan fingerprint density at radius 3 is 2.62 bits per heavy atom. The molecule has 26 heavy (non-hydrogen) atoms. The summed E-state index contributed by atoms with van der Waals surface area (Å²) in [6.45, 7) is 5.07. The summed E-state index contributed by atoms with van der Waals surface area (Å²) in [5.74, 6) is 0.726. The normalized spacial score (nSPS) is 15.4. The molecule has 0 aliphatic heterocycles. The maximum Gasteiger partial charge on any atom is 0.218 e. The molecule has 1 aromatic heterocycles. The van der Waals surface area contributed by atoms with E-state index in [1.807, 2.05) is 19.1 Å². The number of methoxy groups -OCH3 is 1. The fraction of sp³-hybridized carbons (Fsp3) is 0.500. The molecular formula is C22H29BN2O. The first-order valence-corrected chi connectivity index (χ1v) is 9.61. The van der Waals surface area contributed by atoms with Gasteiger partial charge in [0.25, 0.3) is 0 Å². The number of ether oxygens (including phenoxy) is 1. The fourth-order valence-electron chi connectivity index (χ4n) is 4.00. The highest BCUT2D eigenvalue weighted by atomic mass is 16.5. The van der Waals surface area contributed by atoms with Gasteiger partial charge in [0.2, 0.25) is 5.88 Å². The second-order valence-electron chi connectivity index (χ2n) is 7.54. The third-order valence-electron chi connectivity index (χ3n) is 5.76. The molecule has 0 atom stereocenters. The Balaban J connectivity index is 1.91. The van der Waals surface area contributed by atoms with E-state index in [4.69, 9.17) is 17.6 Å². The number of hydrogen-bond acceptors (Lipinski definition) is 3. The van der Waals surface area contributed by atoms with Crippen molar-refractivity contribution in [1.82, 2.24) is 9.88 Å². The highest BCUT2D eigenvalue weighted by molar-refractivity contribution is 6.33. The maximum atomic E-state index is 6.08. The number of benzene rings is 1. The van der Waals surface area contributed by atoms with Crippen molar-refractivity contribution in [2.75, 3.05) is 14.2 Å². The van der Waals surface area contributed by atoms with Crippen LogP contribution in [-0.4, -0.2) is 37.9 Å². The fourth-order valence-corrected chi connectivity index (χ4v) is 4.00. The summed E-state index contributed by atoms with van der Waals surface area (Å²) in [6.07, 6.45) is 6.66. The van der Waals surface area contributed by atoms with Crippen LogP contribution in [0, 0.1) is 13.8 Å². The molecular weight excluding hydrogens is 319 g/mol. The van der Waals surface area contributed by atoms with Gasteiger partial charge < -0.3 is 4.74 Å². The molecule has 1 fully saturated rings. The monoisotopic (exact) mass is 348 g/mol. The van der Waals surface area contributed by atoms with Gasteiger partial charge in [0, 0.05) is 23.7 Å². The SMILES string of the molecule is [B]c1cccc(-c2cc(C)c(CN(C)C3CCCCC3)c(OC)n2)c1C. The largest absolute Gasteiger partial charge is 0.481 e. The molecule has 0 spiro atoms. The zero-order valence-corrected chi connectivity index (χ0v) is 16.5. The lowest BCUT2D eigenvalue weighted by molar-refractivity contribution is 0.182. The third-order valence-corrected chi connectivity index (χ3v) is 5.76. The number of pyridine rings is 1. The molecule has 1 heterocycles. The topological polar surface area (TPSA) is 25.4 Å². The molecule has 0 saturated heterocycles. The smallest absolute Gasteiger partial charge is 0.218 e. The minimum atomic E-state index is 0.670. The molecule has 136 valence electrons. The molecule has 2 radical (unpaired) electrons. The minimum Gasteiger partial charge on any atom is -0.481 e. The van der Waals surface area contributed by atoms with E-state index in [0.29, 0.717) is 6.04 Å². The zero-order chi connectivity index (χ0) is 18.7. The average Bonchev–Trinajstić information content (AvgIpc) is 2.66. The van der Waals surface area contributed by atoms with E-state index in [-0.39, 0.29) is 0 Å². The lowest BCUT2D eigenvalue weighted by atomic mass is 9.87. The van der Waals surface area contributed by atoms with Gasteiger partial charge in [-0.25, -0.2) is 4.98 Å². The van der Waals surface area contributed by atoms with Gasteiger partial charge in [-0.1, -0.05) is 42.9 Å². The first-order valence-electron chi connectivity index (χ1n) is 9.61. The first kappa shape index (κ1) is 19.0. The van der Waals surface area contributed by atoms with Crippen molar-refractivity contribution in [3.8, 4) is 17.1 Å². The van der Waals surface area contributed by atoms with E-state index in [9.17, 15) is 0 Å². The van der Waals surface area contributed by atoms with Crippen molar-refractivity contribution in [3.63, 3.8) is 0 Å². The number of aromatic nitrogens is 1. The summed E-state index contributed by atoms with van der Waals surface area (Å²) in [5, 5.41) is 0. The Bertz CT molecular complexity index is 769. The predicted octanol–water partition coefficient (Wildman–Crippen LogP) is 3.93. The second-order valence-corrected chi connectivity index (χ2v) is 7.54. The van der Waals surface area contributed by atoms with Crippen LogP contribution in [-0.2, 0) is 6.54 Å². The molecule has 3 nitrogen and oxygen atoms in total. The van der Waals surface area contributed by atoms with Crippen molar-refractivity contribution in [1.29, 1.82) is 0 Å². The van der Waals surface area contributed by atoms with Crippen LogP contribution in [0.5, 0.6) is 5.88 Å². The Kier molecular flexibility index (Phi) is 6.03. The molecule has 2 aromatic rings. The summed E-state index contributed by atoms with van der Waals surface area (Å²) in [7, 11) is 10.0. The van der Waals surface area contributed by atoms with Crippen molar-refractivity contribution < 1.29 is 4.74 Å². The van der Waals surface area contributed by atoms with Crippen LogP contribution in [0.25, 0.3) is 11.3 Å². The zero-order valence-electron chi connectivity index (χ0n) is 16.5. The van der Waals surface area contributed by atoms with E-state index in [1.165, 1.54) is 43.2 Å². The lowest BCUT2D eigenvalue weighted by Crippen LogP contribution is -2.33. The molecule has 3 rings (SSSR count). The molecule has 0 amide bonds. The first-order chi connectivity index (χ1) is 12.5. The van der Waals surface area contributed by atoms with E-state index in [0.717, 1.165) is 34.7 Å². The van der Waals surface area contributed by atoms with Gasteiger partial charge in [-0.05, 0) is 50.9 Å². The molecule has 0 bridgehead atoms. The standard InChI is InChI=1S/C22H29BN2O/c1-15-13-21(18-11-8-12-20(23)16(18)2)24-22(26-4)19(15)14-25(3)17-9-6-5-7-10-17/h8,11-13,17H,5-7,9-10,14H2,1-4H3. The van der Waals surface area contributed by atoms with Gasteiger partial charge in [0.1, 0.15) is 7.85 Å². The molecule has 0 unspecified atom stereocenters. The molecule has 1 saturated carbocycles. The van der Waals surface area contributed by atoms with Gasteiger partial charge >= 0.3 is 0 Å². The van der Waals surface area contributed by atoms with Crippen molar-refractivity contribution in [2.45, 2.75) is 58.5 Å². The third kappa shape index (κ3) is 3.96. The predicted molar refractivity (Wildman–Crippen MR) is 109 cm³/mol. The van der Waals surface area contributed by atoms with Crippen LogP contribution in [0.15, 0.2) is 24.3 Å². The van der Waals surface area contributed by atoms with E-state index in [1.54, 1.807) is 7.11 Å². The van der Waals surface area contributed by atoms with Crippen LogP contribution in [0.1, 0.15) is 48.8 Å². The van der Waals surface area contributed by atoms with E-state index >= 15 is 0 Å². The maximum absolute atomic E-state index is 6.08. The van der Waals surface area contributed by atoms with Crippen LogP contribution in [0.4, 0.5) is 0 Å². The Morgan fingerprint density at radius 2 is 1.92 bits per heavy atom. The van der Waals surface area contributed by atoms with Crippen LogP contribution in [0.3, 0.4) is 0 Å². The van der Waals surface area contributed by atoms with Crippen molar-refractivity contribution in [2.24, 2.45) is 0 Å². The van der Waals surface area contributed by atoms with Crippen LogP contribution >= 0.6 is 0 Å². The summed E-state index contributed by atoms with van der Waals surface area (Å²) in [6, 6.07) is 8.81. The minimum absolute atomic E-state index is 0.670. The lowest BCUT2D eigenvalue weighted by Gasteiger charge is -2.31. The summed E-state index contributed by atoms with van der Waals surface area (Å²) >= 11 is 0. The summed E-state index contributed by atoms with van der Waals surface area (Å²) in [4.78, 5) is 7.29. The van der Waals surface area contributed by atoms with Gasteiger partial charge in [0.15, 0.2) is 0 Å². The van der Waals surface area contributed by atoms with Crippen molar-refractivity contribution >= 4 is 13.3 Å². The van der Waals surface area contributed by atoms with E-state index < -0.39 is 0 Å².